The molecule has 0 spiro atoms. The smallest absolute Gasteiger partial charge is 0.348 e. The van der Waals surface area contributed by atoms with E-state index in [0.29, 0.717) is 6.47 Å². The molecule has 3 unspecified atom stereocenters. The first-order chi connectivity index (χ1) is 5.83. The Hall–Kier alpha value is -1.32. The maximum atomic E-state index is 11.0. The zero-order valence-electron chi connectivity index (χ0n) is 6.30. The Morgan fingerprint density at radius 3 is 3.25 bits per heavy atom. The van der Waals surface area contributed by atoms with Crippen molar-refractivity contribution >= 4 is 12.4 Å². The number of fused-ring (bicyclic) bond motifs is 1. The van der Waals surface area contributed by atoms with Crippen molar-refractivity contribution in [2.75, 3.05) is 0 Å². The van der Waals surface area contributed by atoms with Gasteiger partial charge >= 0.3 is 5.97 Å². The second-order valence-electron chi connectivity index (χ2n) is 2.88. The fourth-order valence-corrected chi connectivity index (χ4v) is 1.66. The van der Waals surface area contributed by atoms with Crippen molar-refractivity contribution in [3.63, 3.8) is 0 Å². The third kappa shape index (κ3) is 0.913. The second-order valence-corrected chi connectivity index (χ2v) is 2.88. The molecular weight excluding hydrogens is 160 g/mol. The van der Waals surface area contributed by atoms with E-state index in [2.05, 4.69) is 4.74 Å². The predicted octanol–water partition coefficient (Wildman–Crippen LogP) is 0.0295. The minimum absolute atomic E-state index is 0.00250. The highest BCUT2D eigenvalue weighted by atomic mass is 16.6. The lowest BCUT2D eigenvalue weighted by molar-refractivity contribution is -0.154. The first-order valence-corrected chi connectivity index (χ1v) is 3.79. The molecule has 4 nitrogen and oxygen atoms in total. The molecule has 1 saturated heterocycles. The Bertz CT molecular complexity index is 245. The van der Waals surface area contributed by atoms with E-state index in [1.165, 1.54) is 0 Å². The van der Waals surface area contributed by atoms with E-state index >= 15 is 0 Å². The van der Waals surface area contributed by atoms with Crippen LogP contribution >= 0.6 is 0 Å². The first-order valence-electron chi connectivity index (χ1n) is 3.79. The van der Waals surface area contributed by atoms with Gasteiger partial charge in [-0.3, -0.25) is 4.79 Å². The lowest BCUT2D eigenvalue weighted by atomic mass is 10.0. The van der Waals surface area contributed by atoms with E-state index in [1.807, 2.05) is 12.2 Å². The molecule has 2 rings (SSSR count). The normalized spacial score (nSPS) is 37.7. The Morgan fingerprint density at radius 2 is 2.50 bits per heavy atom. The number of carbonyl (C=O) groups is 2. The van der Waals surface area contributed by atoms with Crippen molar-refractivity contribution in [2.45, 2.75) is 18.6 Å². The van der Waals surface area contributed by atoms with Crippen LogP contribution in [0.15, 0.2) is 12.2 Å². The molecule has 0 saturated carbocycles. The number of allylic oxidation sites excluding steroid dienone is 1. The summed E-state index contributed by atoms with van der Waals surface area (Å²) in [6.45, 7) is 0.298. The molecule has 0 aromatic carbocycles. The van der Waals surface area contributed by atoms with Gasteiger partial charge in [0.2, 0.25) is 6.10 Å². The average Bonchev–Trinajstić information content (AvgIpc) is 2.56. The molecule has 0 N–H and O–H groups in total. The van der Waals surface area contributed by atoms with E-state index < -0.39 is 12.1 Å². The molecule has 1 aliphatic carbocycles. The van der Waals surface area contributed by atoms with E-state index in [9.17, 15) is 9.59 Å². The first kappa shape index (κ1) is 7.34. The Labute approximate surface area is 69.1 Å². The van der Waals surface area contributed by atoms with Gasteiger partial charge in [0.05, 0.1) is 5.92 Å². The molecule has 1 fully saturated rings. The van der Waals surface area contributed by atoms with Crippen LogP contribution in [-0.4, -0.2) is 24.6 Å². The van der Waals surface area contributed by atoms with Gasteiger partial charge in [0.15, 0.2) is 0 Å². The number of hydrogen-bond acceptors (Lipinski definition) is 4. The molecule has 1 aliphatic heterocycles. The van der Waals surface area contributed by atoms with Gasteiger partial charge < -0.3 is 9.47 Å². The van der Waals surface area contributed by atoms with Gasteiger partial charge in [0.25, 0.3) is 6.47 Å². The summed E-state index contributed by atoms with van der Waals surface area (Å²) in [7, 11) is 0. The molecule has 64 valence electrons. The van der Waals surface area contributed by atoms with Crippen LogP contribution in [0.3, 0.4) is 0 Å². The summed E-state index contributed by atoms with van der Waals surface area (Å²) in [6, 6.07) is 0. The van der Waals surface area contributed by atoms with Gasteiger partial charge in [-0.25, -0.2) is 4.79 Å². The Balaban J connectivity index is 2.13. The van der Waals surface area contributed by atoms with E-state index in [-0.39, 0.29) is 12.0 Å². The quantitative estimate of drug-likeness (QED) is 0.331. The molecule has 0 amide bonds. The molecule has 3 atom stereocenters. The van der Waals surface area contributed by atoms with Gasteiger partial charge in [0.1, 0.15) is 6.10 Å². The van der Waals surface area contributed by atoms with Gasteiger partial charge in [-0.2, -0.15) is 0 Å². The topological polar surface area (TPSA) is 52.6 Å². The highest BCUT2D eigenvalue weighted by molar-refractivity contribution is 5.79. The Kier molecular flexibility index (Phi) is 1.60. The zero-order valence-corrected chi connectivity index (χ0v) is 6.30. The third-order valence-electron chi connectivity index (χ3n) is 2.23. The monoisotopic (exact) mass is 168 g/mol. The largest absolute Gasteiger partial charge is 0.455 e. The van der Waals surface area contributed by atoms with Crippen molar-refractivity contribution in [2.24, 2.45) is 5.92 Å². The van der Waals surface area contributed by atoms with Crippen LogP contribution in [0.2, 0.25) is 0 Å². The fraction of sp³-hybridized carbons (Fsp3) is 0.500. The summed E-state index contributed by atoms with van der Waals surface area (Å²) in [5.74, 6) is -0.427. The van der Waals surface area contributed by atoms with Crippen LogP contribution < -0.4 is 0 Å². The molecular formula is C8H8O4. The lowest BCUT2D eigenvalue weighted by Gasteiger charge is -2.10. The van der Waals surface area contributed by atoms with Crippen molar-refractivity contribution < 1.29 is 19.1 Å². The van der Waals surface area contributed by atoms with Crippen molar-refractivity contribution in [3.05, 3.63) is 12.2 Å². The summed E-state index contributed by atoms with van der Waals surface area (Å²) >= 11 is 0. The van der Waals surface area contributed by atoms with Crippen LogP contribution in [0.25, 0.3) is 0 Å². The number of esters is 1. The predicted molar refractivity (Wildman–Crippen MR) is 38.1 cm³/mol. The molecule has 0 aromatic heterocycles. The molecule has 0 aromatic rings. The second kappa shape index (κ2) is 2.62. The third-order valence-corrected chi connectivity index (χ3v) is 2.23. The number of hydrogen-bond donors (Lipinski definition) is 0. The van der Waals surface area contributed by atoms with Crippen LogP contribution in [0, 0.1) is 5.92 Å². The molecule has 2 aliphatic rings. The molecule has 4 heteroatoms. The van der Waals surface area contributed by atoms with Gasteiger partial charge in [0, 0.05) is 0 Å². The lowest BCUT2D eigenvalue weighted by Crippen LogP contribution is -2.25. The van der Waals surface area contributed by atoms with E-state index in [1.54, 1.807) is 0 Å². The molecule has 1 heterocycles. The van der Waals surface area contributed by atoms with Crippen LogP contribution in [0.4, 0.5) is 0 Å². The van der Waals surface area contributed by atoms with Crippen molar-refractivity contribution in [1.29, 1.82) is 0 Å². The minimum atomic E-state index is -0.692. The Morgan fingerprint density at radius 1 is 1.67 bits per heavy atom. The van der Waals surface area contributed by atoms with Gasteiger partial charge in [-0.1, -0.05) is 6.08 Å². The number of ether oxygens (including phenoxy) is 2. The van der Waals surface area contributed by atoms with Crippen molar-refractivity contribution in [1.82, 2.24) is 0 Å². The SMILES string of the molecule is O=COC1C(=O)OC2C=CCC21. The summed E-state index contributed by atoms with van der Waals surface area (Å²) in [5.41, 5.74) is 0. The fourth-order valence-electron chi connectivity index (χ4n) is 1.66. The summed E-state index contributed by atoms with van der Waals surface area (Å²) in [4.78, 5) is 21.1. The standard InChI is InChI=1S/C8H8O4/c9-4-11-7-5-2-1-3-6(5)12-8(7)10/h1,3-7H,2H2. The zero-order chi connectivity index (χ0) is 8.55. The van der Waals surface area contributed by atoms with Crippen LogP contribution in [0.5, 0.6) is 0 Å². The number of carbonyl (C=O) groups excluding carboxylic acids is 2. The van der Waals surface area contributed by atoms with E-state index in [0.717, 1.165) is 6.42 Å². The number of rotatable bonds is 2. The highest BCUT2D eigenvalue weighted by Gasteiger charge is 2.46. The maximum absolute atomic E-state index is 11.0. The minimum Gasteiger partial charge on any atom is -0.455 e. The van der Waals surface area contributed by atoms with Gasteiger partial charge in [-0.05, 0) is 12.5 Å². The van der Waals surface area contributed by atoms with Crippen molar-refractivity contribution in [3.8, 4) is 0 Å². The maximum Gasteiger partial charge on any atom is 0.348 e. The highest BCUT2D eigenvalue weighted by Crippen LogP contribution is 2.33. The average molecular weight is 168 g/mol. The van der Waals surface area contributed by atoms with Crippen LogP contribution in [-0.2, 0) is 19.1 Å². The van der Waals surface area contributed by atoms with E-state index in [4.69, 9.17) is 4.74 Å². The summed E-state index contributed by atoms with van der Waals surface area (Å²) in [5, 5.41) is 0. The van der Waals surface area contributed by atoms with Crippen LogP contribution in [0.1, 0.15) is 6.42 Å². The summed E-state index contributed by atoms with van der Waals surface area (Å²) < 4.78 is 9.57. The molecule has 12 heavy (non-hydrogen) atoms. The van der Waals surface area contributed by atoms with Gasteiger partial charge in [-0.15, -0.1) is 0 Å². The molecule has 0 radical (unpaired) electrons. The molecule has 0 bridgehead atoms. The summed E-state index contributed by atoms with van der Waals surface area (Å²) in [6.07, 6.45) is 3.64.